The lowest BCUT2D eigenvalue weighted by molar-refractivity contribution is 0.0684. The van der Waals surface area contributed by atoms with Gasteiger partial charge in [-0.25, -0.2) is 8.78 Å². The summed E-state index contributed by atoms with van der Waals surface area (Å²) in [4.78, 5) is 41.6. The summed E-state index contributed by atoms with van der Waals surface area (Å²) in [6.07, 6.45) is 5.89. The number of pyridine rings is 1. The van der Waals surface area contributed by atoms with Gasteiger partial charge in [0.25, 0.3) is 11.8 Å². The molecule has 1 aromatic heterocycles. The van der Waals surface area contributed by atoms with Crippen molar-refractivity contribution in [1.82, 2.24) is 14.8 Å². The number of aromatic nitrogens is 1. The van der Waals surface area contributed by atoms with E-state index in [-0.39, 0.29) is 47.7 Å². The summed E-state index contributed by atoms with van der Waals surface area (Å²) in [7, 11) is 0. The lowest BCUT2D eigenvalue weighted by atomic mass is 10.1. The Morgan fingerprint density at radius 2 is 1.92 bits per heavy atom. The average Bonchev–Trinajstić information content (AvgIpc) is 3.13. The van der Waals surface area contributed by atoms with Gasteiger partial charge < -0.3 is 19.5 Å². The van der Waals surface area contributed by atoms with Gasteiger partial charge in [0.2, 0.25) is 5.43 Å². The van der Waals surface area contributed by atoms with Crippen LogP contribution in [0.2, 0.25) is 5.02 Å². The van der Waals surface area contributed by atoms with E-state index >= 15 is 0 Å². The zero-order valence-electron chi connectivity index (χ0n) is 19.5. The third-order valence-corrected chi connectivity index (χ3v) is 6.74. The molecule has 0 saturated heterocycles. The number of halogens is 3. The monoisotopic (exact) mass is 525 g/mol. The van der Waals surface area contributed by atoms with Gasteiger partial charge >= 0.3 is 0 Å². The maximum absolute atomic E-state index is 14.3. The van der Waals surface area contributed by atoms with Crippen LogP contribution in [-0.2, 0) is 13.2 Å². The minimum atomic E-state index is -0.995. The molecule has 5 rings (SSSR count). The smallest absolute Gasteiger partial charge is 0.274 e. The van der Waals surface area contributed by atoms with Gasteiger partial charge in [0, 0.05) is 31.4 Å². The molecule has 3 heterocycles. The Hall–Kier alpha value is -3.98. The number of ether oxygens (including phenoxy) is 1. The normalized spacial score (nSPS) is 16.2. The molecular formula is C27H22ClF2N3O4. The molecule has 2 amide bonds. The fraction of sp³-hybridized carbons (Fsp3) is 0.222. The van der Waals surface area contributed by atoms with Crippen LogP contribution in [0.5, 0.6) is 5.75 Å². The van der Waals surface area contributed by atoms with Crippen molar-refractivity contribution in [2.75, 3.05) is 13.1 Å². The van der Waals surface area contributed by atoms with Crippen molar-refractivity contribution in [3.8, 4) is 5.75 Å². The van der Waals surface area contributed by atoms with Crippen molar-refractivity contribution in [2.45, 2.75) is 25.6 Å². The summed E-state index contributed by atoms with van der Waals surface area (Å²) in [5.74, 6) is -3.28. The Kier molecular flexibility index (Phi) is 6.80. The maximum atomic E-state index is 14.3. The minimum absolute atomic E-state index is 0.0151. The van der Waals surface area contributed by atoms with Crippen molar-refractivity contribution in [1.29, 1.82) is 0 Å². The molecule has 37 heavy (non-hydrogen) atoms. The minimum Gasteiger partial charge on any atom is -0.483 e. The summed E-state index contributed by atoms with van der Waals surface area (Å²) < 4.78 is 35.3. The highest BCUT2D eigenvalue weighted by molar-refractivity contribution is 6.30. The first-order chi connectivity index (χ1) is 17.8. The van der Waals surface area contributed by atoms with Crippen LogP contribution in [0.4, 0.5) is 8.78 Å². The molecule has 2 aliphatic heterocycles. The molecule has 2 aliphatic rings. The zero-order chi connectivity index (χ0) is 26.1. The molecule has 190 valence electrons. The number of amides is 2. The largest absolute Gasteiger partial charge is 0.483 e. The standard InChI is InChI=1S/C27H22ClF2N3O4/c28-21-20(29)10-9-17(22(21)30)12-31-26(35)19-14-33-18-8-4-5-11-32(13-18)27(36)23(33)25(24(19)34)37-15-16-6-2-1-3-7-16/h1-4,6-10,14,18H,5,11-13,15H2,(H,31,35)/t18-/m0/s1. The fourth-order valence-electron chi connectivity index (χ4n) is 4.45. The van der Waals surface area contributed by atoms with Gasteiger partial charge in [-0.05, 0) is 18.1 Å². The highest BCUT2D eigenvalue weighted by Crippen LogP contribution is 2.30. The molecule has 0 aliphatic carbocycles. The van der Waals surface area contributed by atoms with Crippen LogP contribution in [0.25, 0.3) is 0 Å². The fourth-order valence-corrected chi connectivity index (χ4v) is 4.64. The summed E-state index contributed by atoms with van der Waals surface area (Å²) in [5, 5.41) is 1.81. The van der Waals surface area contributed by atoms with E-state index < -0.39 is 28.0 Å². The second-order valence-electron chi connectivity index (χ2n) is 8.78. The van der Waals surface area contributed by atoms with Gasteiger partial charge in [-0.15, -0.1) is 0 Å². The van der Waals surface area contributed by atoms with Crippen LogP contribution in [0, 0.1) is 11.6 Å². The number of hydrogen-bond donors (Lipinski definition) is 1. The molecule has 1 atom stereocenters. The molecule has 0 saturated carbocycles. The number of hydrogen-bond acceptors (Lipinski definition) is 4. The number of carbonyl (C=O) groups excluding carboxylic acids is 2. The second kappa shape index (κ2) is 10.2. The van der Waals surface area contributed by atoms with E-state index in [0.717, 1.165) is 17.7 Å². The van der Waals surface area contributed by atoms with Crippen molar-refractivity contribution in [3.63, 3.8) is 0 Å². The SMILES string of the molecule is O=C(NCc1ccc(F)c(Cl)c1F)c1cn2c(c(OCc3ccccc3)c1=O)C(=O)N1CCC=C[C@H]2C1. The van der Waals surface area contributed by atoms with Gasteiger partial charge in [-0.3, -0.25) is 14.4 Å². The summed E-state index contributed by atoms with van der Waals surface area (Å²) in [6.45, 7) is 0.583. The Morgan fingerprint density at radius 1 is 1.14 bits per heavy atom. The maximum Gasteiger partial charge on any atom is 0.274 e. The first-order valence-corrected chi connectivity index (χ1v) is 12.1. The van der Waals surface area contributed by atoms with E-state index in [4.69, 9.17) is 16.3 Å². The first-order valence-electron chi connectivity index (χ1n) is 11.7. The number of nitrogens with one attached hydrogen (secondary N) is 1. The number of carbonyl (C=O) groups is 2. The van der Waals surface area contributed by atoms with E-state index in [2.05, 4.69) is 5.32 Å². The van der Waals surface area contributed by atoms with E-state index in [1.165, 1.54) is 6.20 Å². The molecule has 0 fully saturated rings. The zero-order valence-corrected chi connectivity index (χ0v) is 20.3. The molecule has 10 heteroatoms. The number of fused-ring (bicyclic) bond motifs is 4. The third kappa shape index (κ3) is 4.74. The van der Waals surface area contributed by atoms with Crippen molar-refractivity contribution < 1.29 is 23.1 Å². The first kappa shape index (κ1) is 24.7. The Bertz CT molecular complexity index is 1470. The number of nitrogens with zero attached hydrogens (tertiary/aromatic N) is 2. The molecule has 7 nitrogen and oxygen atoms in total. The molecule has 2 aromatic carbocycles. The molecule has 3 aromatic rings. The lowest BCUT2D eigenvalue weighted by Crippen LogP contribution is -2.44. The van der Waals surface area contributed by atoms with Crippen molar-refractivity contribution >= 4 is 23.4 Å². The summed E-state index contributed by atoms with van der Waals surface area (Å²) in [6, 6.07) is 11.0. The highest BCUT2D eigenvalue weighted by Gasteiger charge is 2.36. The Balaban J connectivity index is 1.53. The van der Waals surface area contributed by atoms with Crippen LogP contribution in [-0.4, -0.2) is 34.4 Å². The van der Waals surface area contributed by atoms with Gasteiger partial charge in [-0.2, -0.15) is 0 Å². The predicted molar refractivity (Wildman–Crippen MR) is 133 cm³/mol. The topological polar surface area (TPSA) is 80.6 Å². The molecule has 2 bridgehead atoms. The molecular weight excluding hydrogens is 504 g/mol. The van der Waals surface area contributed by atoms with Crippen molar-refractivity contribution in [3.05, 3.63) is 110 Å². The summed E-state index contributed by atoms with van der Waals surface area (Å²) in [5.41, 5.74) is -0.207. The van der Waals surface area contributed by atoms with Gasteiger partial charge in [0.05, 0.1) is 6.04 Å². The average molecular weight is 526 g/mol. The van der Waals surface area contributed by atoms with Crippen LogP contribution in [0.1, 0.15) is 44.4 Å². The van der Waals surface area contributed by atoms with E-state index in [1.54, 1.807) is 9.47 Å². The molecule has 0 radical (unpaired) electrons. The number of benzene rings is 2. The molecule has 0 unspecified atom stereocenters. The quantitative estimate of drug-likeness (QED) is 0.385. The second-order valence-corrected chi connectivity index (χ2v) is 9.16. The van der Waals surface area contributed by atoms with E-state index in [1.807, 2.05) is 42.5 Å². The Labute approximate surface area is 215 Å². The van der Waals surface area contributed by atoms with Crippen LogP contribution < -0.4 is 15.5 Å². The van der Waals surface area contributed by atoms with Crippen LogP contribution in [0.15, 0.2) is 65.6 Å². The van der Waals surface area contributed by atoms with Gasteiger partial charge in [-0.1, -0.05) is 60.2 Å². The van der Waals surface area contributed by atoms with E-state index in [9.17, 15) is 23.2 Å². The van der Waals surface area contributed by atoms with Crippen LogP contribution >= 0.6 is 11.6 Å². The van der Waals surface area contributed by atoms with E-state index in [0.29, 0.717) is 19.5 Å². The third-order valence-electron chi connectivity index (χ3n) is 6.40. The number of rotatable bonds is 6. The highest BCUT2D eigenvalue weighted by atomic mass is 35.5. The summed E-state index contributed by atoms with van der Waals surface area (Å²) >= 11 is 5.63. The van der Waals surface area contributed by atoms with Gasteiger partial charge in [0.15, 0.2) is 11.4 Å². The predicted octanol–water partition coefficient (Wildman–Crippen LogP) is 4.25. The lowest BCUT2D eigenvalue weighted by Gasteiger charge is -2.34. The Morgan fingerprint density at radius 3 is 2.70 bits per heavy atom. The molecule has 0 spiro atoms. The van der Waals surface area contributed by atoms with Crippen LogP contribution in [0.3, 0.4) is 0 Å². The molecule has 1 N–H and O–H groups in total. The van der Waals surface area contributed by atoms with Crippen molar-refractivity contribution in [2.24, 2.45) is 0 Å². The van der Waals surface area contributed by atoms with Gasteiger partial charge in [0.1, 0.15) is 28.8 Å².